The van der Waals surface area contributed by atoms with Gasteiger partial charge >= 0.3 is 23.2 Å². The average molecular weight is 653 g/mol. The smallest absolute Gasteiger partial charge is 0.381 e. The Balaban J connectivity index is 2.18. The minimum atomic E-state index is -2.77. The predicted octanol–water partition coefficient (Wildman–Crippen LogP) is 1.73. The maximum Gasteiger partial charge on any atom is 0.381 e. The van der Waals surface area contributed by atoms with Crippen molar-refractivity contribution in [2.24, 2.45) is 11.5 Å². The van der Waals surface area contributed by atoms with E-state index in [9.17, 15) is 28.8 Å². The number of carbonyl (C=O) groups is 6. The van der Waals surface area contributed by atoms with Gasteiger partial charge in [-0.05, 0) is 57.5 Å². The second-order valence-electron chi connectivity index (χ2n) is 9.52. The lowest BCUT2D eigenvalue weighted by Crippen LogP contribution is -2.44. The molecule has 0 saturated carbocycles. The number of amides is 2. The summed E-state index contributed by atoms with van der Waals surface area (Å²) < 4.78 is 13.7. The lowest BCUT2D eigenvalue weighted by molar-refractivity contribution is -0.139. The molecule has 0 aliphatic rings. The molecular formula is C28H36N4O10S2. The number of esters is 1. The molecule has 0 heterocycles. The zero-order valence-corrected chi connectivity index (χ0v) is 25.9. The van der Waals surface area contributed by atoms with Crippen molar-refractivity contribution < 1.29 is 48.5 Å². The van der Waals surface area contributed by atoms with Crippen molar-refractivity contribution in [3.63, 3.8) is 0 Å². The molecule has 44 heavy (non-hydrogen) atoms. The quantitative estimate of drug-likeness (QED) is 0.0970. The highest BCUT2D eigenvalue weighted by Gasteiger charge is 2.37. The highest BCUT2D eigenvalue weighted by Crippen LogP contribution is 2.57. The van der Waals surface area contributed by atoms with Gasteiger partial charge in [-0.25, -0.2) is 9.59 Å². The van der Waals surface area contributed by atoms with Gasteiger partial charge in [-0.2, -0.15) is 0 Å². The highest BCUT2D eigenvalue weighted by molar-refractivity contribution is 8.99. The lowest BCUT2D eigenvalue weighted by atomic mass is 10.1. The van der Waals surface area contributed by atoms with Crippen LogP contribution in [0.2, 0.25) is 0 Å². The van der Waals surface area contributed by atoms with E-state index in [1.807, 2.05) is 0 Å². The van der Waals surface area contributed by atoms with Crippen molar-refractivity contribution in [1.29, 1.82) is 0 Å². The number of benzene rings is 2. The van der Waals surface area contributed by atoms with Gasteiger partial charge in [-0.1, -0.05) is 42.0 Å². The number of ether oxygens (including phenoxy) is 2. The first-order valence-electron chi connectivity index (χ1n) is 13.2. The number of carbonyl (C=O) groups excluding carboxylic acids is 4. The van der Waals surface area contributed by atoms with E-state index in [1.54, 1.807) is 31.2 Å². The number of carboxylic acids is 2. The van der Waals surface area contributed by atoms with Crippen molar-refractivity contribution in [2.45, 2.75) is 51.7 Å². The number of nitrogens with two attached hydrogens (primary N) is 2. The normalized spacial score (nSPS) is 14.9. The molecule has 2 amide bonds. The van der Waals surface area contributed by atoms with E-state index in [4.69, 9.17) is 31.2 Å². The third-order valence-electron chi connectivity index (χ3n) is 5.89. The lowest BCUT2D eigenvalue weighted by Gasteiger charge is -2.36. The van der Waals surface area contributed by atoms with E-state index in [2.05, 4.69) is 10.0 Å². The van der Waals surface area contributed by atoms with Crippen LogP contribution in [0.1, 0.15) is 31.9 Å². The van der Waals surface area contributed by atoms with Crippen LogP contribution in [0, 0.1) is 0 Å². The van der Waals surface area contributed by atoms with Gasteiger partial charge in [0, 0.05) is 25.4 Å². The van der Waals surface area contributed by atoms with Crippen LogP contribution in [-0.2, 0) is 36.8 Å². The van der Waals surface area contributed by atoms with E-state index in [-0.39, 0.29) is 35.8 Å². The molecule has 0 saturated heterocycles. The molecule has 14 nitrogen and oxygen atoms in total. The maximum absolute atomic E-state index is 13.4. The highest BCUT2D eigenvalue weighted by atomic mass is 33.2. The summed E-state index contributed by atoms with van der Waals surface area (Å²) in [6.07, 6.45) is 0.137. The van der Waals surface area contributed by atoms with Crippen molar-refractivity contribution >= 4 is 55.1 Å². The molecule has 8 N–H and O–H groups in total. The predicted molar refractivity (Wildman–Crippen MR) is 165 cm³/mol. The second-order valence-corrected chi connectivity index (χ2v) is 15.0. The van der Waals surface area contributed by atoms with Crippen molar-refractivity contribution in [3.8, 4) is 11.5 Å². The van der Waals surface area contributed by atoms with Crippen LogP contribution in [0.15, 0.2) is 48.5 Å². The van der Waals surface area contributed by atoms with Crippen molar-refractivity contribution in [3.05, 3.63) is 59.7 Å². The van der Waals surface area contributed by atoms with Crippen LogP contribution in [0.4, 0.5) is 4.79 Å². The Morgan fingerprint density at radius 1 is 0.795 bits per heavy atom. The summed E-state index contributed by atoms with van der Waals surface area (Å²) in [5.41, 5.74) is 12.3. The first-order valence-corrected chi connectivity index (χ1v) is 16.5. The zero-order chi connectivity index (χ0) is 33.0. The fraction of sp³-hybridized carbons (Fsp3) is 0.357. The Hall–Kier alpha value is -4.12. The number of carboxylic acid groups (broad SMARTS) is 2. The van der Waals surface area contributed by atoms with Gasteiger partial charge in [-0.3, -0.25) is 19.2 Å². The van der Waals surface area contributed by atoms with Crippen LogP contribution in [-0.4, -0.2) is 74.9 Å². The van der Waals surface area contributed by atoms with E-state index in [0.29, 0.717) is 11.1 Å². The van der Waals surface area contributed by atoms with Gasteiger partial charge < -0.3 is 41.2 Å². The molecule has 4 atom stereocenters. The topological polar surface area (TPSA) is 237 Å². The van der Waals surface area contributed by atoms with E-state index in [1.165, 1.54) is 38.1 Å². The van der Waals surface area contributed by atoms with Crippen LogP contribution in [0.5, 0.6) is 11.5 Å². The maximum atomic E-state index is 13.4. The second kappa shape index (κ2) is 16.7. The number of nitrogens with one attached hydrogen (secondary N) is 2. The molecule has 2 rings (SSSR count). The van der Waals surface area contributed by atoms with Gasteiger partial charge in [0.15, 0.2) is 0 Å². The first kappa shape index (κ1) is 36.1. The summed E-state index contributed by atoms with van der Waals surface area (Å²) in [7, 11) is -1.82. The summed E-state index contributed by atoms with van der Waals surface area (Å²) in [6.45, 7) is 4.11. The van der Waals surface area contributed by atoms with Gasteiger partial charge in [0.1, 0.15) is 29.6 Å². The van der Waals surface area contributed by atoms with Crippen LogP contribution < -0.4 is 31.0 Å². The molecule has 0 fully saturated rings. The molecule has 16 heteroatoms. The molecule has 0 aliphatic carbocycles. The number of hydrogen-bond acceptors (Lipinski definition) is 11. The summed E-state index contributed by atoms with van der Waals surface area (Å²) in [6, 6.07) is 8.69. The molecule has 240 valence electrons. The third-order valence-corrected chi connectivity index (χ3v) is 11.8. The third kappa shape index (κ3) is 11.2. The van der Waals surface area contributed by atoms with Gasteiger partial charge in [0.05, 0.1) is 0 Å². The minimum absolute atomic E-state index is 0.0683. The van der Waals surface area contributed by atoms with Crippen LogP contribution in [0.3, 0.4) is 0 Å². The number of aliphatic carboxylic acids is 2. The Bertz CT molecular complexity index is 1360. The largest absolute Gasteiger partial charge is 0.480 e. The van der Waals surface area contributed by atoms with Gasteiger partial charge in [0.2, 0.25) is 11.8 Å². The molecule has 2 aromatic carbocycles. The summed E-state index contributed by atoms with van der Waals surface area (Å²) in [5.74, 6) is -3.94. The summed E-state index contributed by atoms with van der Waals surface area (Å²) in [4.78, 5) is 72.5. The fourth-order valence-electron chi connectivity index (χ4n) is 3.64. The van der Waals surface area contributed by atoms with Crippen molar-refractivity contribution in [1.82, 2.24) is 10.0 Å². The summed E-state index contributed by atoms with van der Waals surface area (Å²) in [5, 5.41) is 19.7. The zero-order valence-electron chi connectivity index (χ0n) is 24.3. The molecule has 0 aliphatic heterocycles. The fourth-order valence-corrected chi connectivity index (χ4v) is 8.24. The standard InChI is InChI=1S/C28H36N4O10S2/c1-4-44(32-17(3)34,28(40)42-21-11-7-19(8-12-21)14-23(30)26(37)38)43-15-24(31-16(2)33)27(39)41-20-9-5-18(6-10-20)13-22(29)25(35)36/h5-12,22-24H,4,13-15,29-30H2,1-3H3,(H,31,33)(H,32,34)(H,35,36)(H,37,38). The summed E-state index contributed by atoms with van der Waals surface area (Å²) >= 11 is 0. The molecule has 0 spiro atoms. The monoisotopic (exact) mass is 652 g/mol. The SMILES string of the molecule is CCS(NC(C)=O)(SCC(NC(C)=O)C(=O)Oc1ccc(CC(N)C(=O)O)cc1)C(=O)Oc1ccc(CC(N)C(=O)O)cc1. The molecule has 0 bridgehead atoms. The van der Waals surface area contributed by atoms with Crippen molar-refractivity contribution in [2.75, 3.05) is 11.5 Å². The average Bonchev–Trinajstić information content (AvgIpc) is 2.95. The van der Waals surface area contributed by atoms with E-state index < -0.39 is 62.4 Å². The van der Waals surface area contributed by atoms with E-state index in [0.717, 1.165) is 10.8 Å². The molecule has 0 radical (unpaired) electrons. The van der Waals surface area contributed by atoms with E-state index >= 15 is 0 Å². The number of hydrogen-bond donors (Lipinski definition) is 6. The number of rotatable bonds is 14. The Labute approximate surface area is 259 Å². The van der Waals surface area contributed by atoms with Crippen LogP contribution >= 0.6 is 20.0 Å². The molecule has 4 unspecified atom stereocenters. The molecule has 2 aromatic rings. The Morgan fingerprint density at radius 3 is 1.64 bits per heavy atom. The van der Waals surface area contributed by atoms with Gasteiger partial charge in [-0.15, -0.1) is 0 Å². The van der Waals surface area contributed by atoms with Gasteiger partial charge in [0.25, 0.3) is 0 Å². The minimum Gasteiger partial charge on any atom is -0.480 e. The van der Waals surface area contributed by atoms with Crippen LogP contribution in [0.25, 0.3) is 0 Å². The molecule has 0 aromatic heterocycles. The molecular weight excluding hydrogens is 616 g/mol. The Morgan fingerprint density at radius 2 is 1.25 bits per heavy atom. The first-order chi connectivity index (χ1) is 20.6. The Kier molecular flexibility index (Phi) is 13.7.